The third-order valence-electron chi connectivity index (χ3n) is 2.89. The van der Waals surface area contributed by atoms with Gasteiger partial charge >= 0.3 is 0 Å². The van der Waals surface area contributed by atoms with Gasteiger partial charge in [0.15, 0.2) is 10.8 Å². The van der Waals surface area contributed by atoms with E-state index in [4.69, 9.17) is 0 Å². The molecule has 6 heteroatoms. The van der Waals surface area contributed by atoms with E-state index < -0.39 is 0 Å². The van der Waals surface area contributed by atoms with Crippen molar-refractivity contribution in [3.05, 3.63) is 16.6 Å². The van der Waals surface area contributed by atoms with Gasteiger partial charge in [-0.25, -0.2) is 4.98 Å². The Bertz CT molecular complexity index is 640. The molecule has 0 fully saturated rings. The predicted molar refractivity (Wildman–Crippen MR) is 62.8 cm³/mol. The molecular formula is C10H12N4OS. The summed E-state index contributed by atoms with van der Waals surface area (Å²) >= 11 is 1.63. The van der Waals surface area contributed by atoms with Gasteiger partial charge in [-0.2, -0.15) is 5.10 Å². The number of rotatable bonds is 0. The Morgan fingerprint density at radius 1 is 1.50 bits per heavy atom. The van der Waals surface area contributed by atoms with Gasteiger partial charge in [0.25, 0.3) is 5.56 Å². The van der Waals surface area contributed by atoms with Crippen molar-refractivity contribution in [1.29, 1.82) is 0 Å². The van der Waals surface area contributed by atoms with E-state index in [0.29, 0.717) is 11.0 Å². The highest BCUT2D eigenvalue weighted by Gasteiger charge is 2.33. The number of aromatic nitrogens is 4. The molecule has 2 aromatic heterocycles. The first kappa shape index (κ1) is 9.89. The van der Waals surface area contributed by atoms with Gasteiger partial charge in [0, 0.05) is 12.8 Å². The van der Waals surface area contributed by atoms with Crippen LogP contribution in [0.15, 0.2) is 16.1 Å². The molecule has 1 aliphatic heterocycles. The maximum absolute atomic E-state index is 12.3. The van der Waals surface area contributed by atoms with Crippen molar-refractivity contribution in [3.8, 4) is 0 Å². The third kappa shape index (κ3) is 1.10. The highest BCUT2D eigenvalue weighted by Crippen LogP contribution is 2.34. The minimum Gasteiger partial charge on any atom is -0.280 e. The number of aryl methyl sites for hydroxylation is 1. The Kier molecular flexibility index (Phi) is 1.78. The molecule has 0 N–H and O–H groups in total. The largest absolute Gasteiger partial charge is 0.280 e. The summed E-state index contributed by atoms with van der Waals surface area (Å²) in [6.07, 6.45) is 1.59. The van der Waals surface area contributed by atoms with Crippen LogP contribution in [0.25, 0.3) is 11.0 Å². The average molecular weight is 236 g/mol. The van der Waals surface area contributed by atoms with Gasteiger partial charge in [0.2, 0.25) is 0 Å². The second-order valence-corrected chi connectivity index (χ2v) is 5.58. The molecule has 0 atom stereocenters. The van der Waals surface area contributed by atoms with Crippen LogP contribution in [0.1, 0.15) is 13.8 Å². The number of hydrogen-bond acceptors (Lipinski definition) is 4. The lowest BCUT2D eigenvalue weighted by Crippen LogP contribution is -2.35. The second-order valence-electron chi connectivity index (χ2n) is 4.64. The molecule has 0 aliphatic carbocycles. The molecule has 0 amide bonds. The molecule has 0 unspecified atom stereocenters. The lowest BCUT2D eigenvalue weighted by molar-refractivity contribution is 0.376. The van der Waals surface area contributed by atoms with Gasteiger partial charge in [-0.3, -0.25) is 14.0 Å². The molecular weight excluding hydrogens is 224 g/mol. The molecule has 5 nitrogen and oxygen atoms in total. The monoisotopic (exact) mass is 236 g/mol. The summed E-state index contributed by atoms with van der Waals surface area (Å²) in [5, 5.41) is 5.47. The van der Waals surface area contributed by atoms with Crippen LogP contribution in [-0.4, -0.2) is 25.1 Å². The fraction of sp³-hybridized carbons (Fsp3) is 0.500. The van der Waals surface area contributed by atoms with Crippen molar-refractivity contribution < 1.29 is 0 Å². The Morgan fingerprint density at radius 2 is 2.25 bits per heavy atom. The first-order valence-electron chi connectivity index (χ1n) is 5.09. The van der Waals surface area contributed by atoms with Crippen LogP contribution in [0.2, 0.25) is 0 Å². The van der Waals surface area contributed by atoms with E-state index in [0.717, 1.165) is 10.9 Å². The van der Waals surface area contributed by atoms with Crippen LogP contribution in [0, 0.1) is 0 Å². The number of nitrogens with zero attached hydrogens (tertiary/aromatic N) is 4. The van der Waals surface area contributed by atoms with Crippen molar-refractivity contribution in [3.63, 3.8) is 0 Å². The molecule has 2 aromatic rings. The molecule has 1 aliphatic rings. The smallest absolute Gasteiger partial charge is 0.265 e. The number of thioether (sulfide) groups is 1. The number of fused-ring (bicyclic) bond motifs is 2. The Labute approximate surface area is 96.5 Å². The molecule has 84 valence electrons. The van der Waals surface area contributed by atoms with E-state index in [-0.39, 0.29) is 11.1 Å². The maximum atomic E-state index is 12.3. The molecule has 3 heterocycles. The first-order chi connectivity index (χ1) is 7.50. The second kappa shape index (κ2) is 2.88. The highest BCUT2D eigenvalue weighted by molar-refractivity contribution is 7.99. The normalized spacial score (nSPS) is 17.9. The van der Waals surface area contributed by atoms with Gasteiger partial charge in [0.05, 0.1) is 11.7 Å². The van der Waals surface area contributed by atoms with Crippen LogP contribution in [-0.2, 0) is 12.6 Å². The maximum Gasteiger partial charge on any atom is 0.265 e. The minimum absolute atomic E-state index is 0.0168. The summed E-state index contributed by atoms with van der Waals surface area (Å²) in [6.45, 7) is 4.11. The Hall–Kier alpha value is -1.30. The Balaban J connectivity index is 2.48. The van der Waals surface area contributed by atoms with Crippen molar-refractivity contribution in [1.82, 2.24) is 19.3 Å². The van der Waals surface area contributed by atoms with Gasteiger partial charge in [-0.15, -0.1) is 0 Å². The lowest BCUT2D eigenvalue weighted by atomic mass is 10.1. The topological polar surface area (TPSA) is 52.7 Å². The average Bonchev–Trinajstić information content (AvgIpc) is 2.71. The van der Waals surface area contributed by atoms with Gasteiger partial charge in [-0.05, 0) is 13.8 Å². The quantitative estimate of drug-likeness (QED) is 0.640. The van der Waals surface area contributed by atoms with Crippen molar-refractivity contribution in [2.45, 2.75) is 24.5 Å². The molecule has 16 heavy (non-hydrogen) atoms. The summed E-state index contributed by atoms with van der Waals surface area (Å²) < 4.78 is 3.42. The van der Waals surface area contributed by atoms with E-state index in [1.165, 1.54) is 0 Å². The number of hydrogen-bond donors (Lipinski definition) is 0. The van der Waals surface area contributed by atoms with Crippen LogP contribution in [0.4, 0.5) is 0 Å². The van der Waals surface area contributed by atoms with Crippen LogP contribution in [0.3, 0.4) is 0 Å². The first-order valence-corrected chi connectivity index (χ1v) is 6.07. The fourth-order valence-electron chi connectivity index (χ4n) is 2.00. The molecule has 0 radical (unpaired) electrons. The summed E-state index contributed by atoms with van der Waals surface area (Å²) in [5.74, 6) is 0.888. The third-order valence-corrected chi connectivity index (χ3v) is 4.28. The SMILES string of the molecule is Cn1ncc2c(=O)n3c(nc21)SCC3(C)C. The summed E-state index contributed by atoms with van der Waals surface area (Å²) in [6, 6.07) is 0. The van der Waals surface area contributed by atoms with E-state index in [9.17, 15) is 4.79 Å². The van der Waals surface area contributed by atoms with E-state index in [2.05, 4.69) is 23.9 Å². The molecule has 0 spiro atoms. The molecule has 3 rings (SSSR count). The van der Waals surface area contributed by atoms with E-state index in [1.807, 2.05) is 0 Å². The standard InChI is InChI=1S/C10H12N4OS/c1-10(2)5-16-9-12-7-6(4-11-13(7)3)8(15)14(9)10/h4H,5H2,1-3H3. The summed E-state index contributed by atoms with van der Waals surface area (Å²) in [5.41, 5.74) is 0.526. The Morgan fingerprint density at radius 3 is 3.00 bits per heavy atom. The molecule has 0 bridgehead atoms. The van der Waals surface area contributed by atoms with E-state index >= 15 is 0 Å². The van der Waals surface area contributed by atoms with Crippen molar-refractivity contribution in [2.24, 2.45) is 7.05 Å². The fourth-order valence-corrected chi connectivity index (χ4v) is 3.22. The van der Waals surface area contributed by atoms with Crippen LogP contribution < -0.4 is 5.56 Å². The molecule has 0 saturated heterocycles. The van der Waals surface area contributed by atoms with Crippen LogP contribution >= 0.6 is 11.8 Å². The van der Waals surface area contributed by atoms with Crippen molar-refractivity contribution >= 4 is 22.8 Å². The zero-order valence-electron chi connectivity index (χ0n) is 9.39. The zero-order valence-corrected chi connectivity index (χ0v) is 10.2. The highest BCUT2D eigenvalue weighted by atomic mass is 32.2. The van der Waals surface area contributed by atoms with Crippen LogP contribution in [0.5, 0.6) is 0 Å². The van der Waals surface area contributed by atoms with Gasteiger partial charge in [0.1, 0.15) is 5.39 Å². The summed E-state index contributed by atoms with van der Waals surface area (Å²) in [7, 11) is 1.80. The predicted octanol–water partition coefficient (Wildman–Crippen LogP) is 0.971. The van der Waals surface area contributed by atoms with Gasteiger partial charge in [-0.1, -0.05) is 11.8 Å². The minimum atomic E-state index is -0.159. The lowest BCUT2D eigenvalue weighted by Gasteiger charge is -2.19. The molecule has 0 aromatic carbocycles. The summed E-state index contributed by atoms with van der Waals surface area (Å²) in [4.78, 5) is 16.8. The zero-order chi connectivity index (χ0) is 11.5. The van der Waals surface area contributed by atoms with Crippen molar-refractivity contribution in [2.75, 3.05) is 5.75 Å². The van der Waals surface area contributed by atoms with E-state index in [1.54, 1.807) is 34.3 Å². The molecule has 0 saturated carbocycles. The van der Waals surface area contributed by atoms with Gasteiger partial charge < -0.3 is 0 Å².